The Morgan fingerprint density at radius 3 is 2.89 bits per heavy atom. The molecule has 0 aliphatic heterocycles. The second-order valence-corrected chi connectivity index (χ2v) is 3.97. The number of halogens is 1. The van der Waals surface area contributed by atoms with Crippen LogP contribution < -0.4 is 11.2 Å². The number of rotatable bonds is 6. The average Bonchev–Trinajstić information content (AvgIpc) is 2.39. The number of aromatic amines is 1. The van der Waals surface area contributed by atoms with E-state index in [1.54, 1.807) is 0 Å². The van der Waals surface area contributed by atoms with Crippen LogP contribution in [0, 0.1) is 18.3 Å². The first-order valence-corrected chi connectivity index (χ1v) is 5.54. The minimum absolute atomic E-state index is 0.250. The number of alkyl halides is 1. The summed E-state index contributed by atoms with van der Waals surface area (Å²) in [6.07, 6.45) is -1.63. The van der Waals surface area contributed by atoms with E-state index in [1.165, 1.54) is 19.2 Å². The number of aryl methyl sites for hydroxylation is 1. The van der Waals surface area contributed by atoms with E-state index in [9.17, 15) is 14.0 Å². The van der Waals surface area contributed by atoms with Crippen LogP contribution >= 0.6 is 0 Å². The number of aromatic nitrogens is 2. The molecule has 0 bridgehead atoms. The zero-order valence-corrected chi connectivity index (χ0v) is 10.3. The molecule has 1 heterocycles. The molecule has 0 fully saturated rings. The molecule has 2 N–H and O–H groups in total. The van der Waals surface area contributed by atoms with Crippen LogP contribution in [-0.2, 0) is 11.5 Å². The number of nitriles is 1. The van der Waals surface area contributed by atoms with Crippen molar-refractivity contribution in [1.29, 1.82) is 5.26 Å². The number of ether oxygens (including phenoxy) is 1. The molecule has 0 radical (unpaired) electrons. The monoisotopic (exact) mass is 271 g/mol. The molecule has 8 heteroatoms. The molecule has 0 aliphatic rings. The Morgan fingerprint density at radius 2 is 2.32 bits per heavy atom. The SMILES string of the molecule is Cc1cn(COC(CO)CC(F)C#N)c(=O)[nH]c1=O. The minimum atomic E-state index is -1.74. The van der Waals surface area contributed by atoms with Crippen LogP contribution in [0.4, 0.5) is 4.39 Å². The molecule has 19 heavy (non-hydrogen) atoms. The van der Waals surface area contributed by atoms with E-state index in [0.717, 1.165) is 4.57 Å². The maximum atomic E-state index is 12.8. The Balaban J connectivity index is 2.70. The summed E-state index contributed by atoms with van der Waals surface area (Å²) in [6.45, 7) is 0.796. The Bertz CT molecular complexity index is 575. The number of nitrogens with one attached hydrogen (secondary N) is 1. The van der Waals surface area contributed by atoms with Crippen LogP contribution in [0.5, 0.6) is 0 Å². The first-order valence-electron chi connectivity index (χ1n) is 5.54. The molecule has 0 aromatic carbocycles. The van der Waals surface area contributed by atoms with E-state index in [-0.39, 0.29) is 13.2 Å². The first kappa shape index (κ1) is 15.1. The van der Waals surface area contributed by atoms with Gasteiger partial charge in [0.25, 0.3) is 5.56 Å². The summed E-state index contributed by atoms with van der Waals surface area (Å²) in [5, 5.41) is 17.3. The highest BCUT2D eigenvalue weighted by Gasteiger charge is 2.15. The Hall–Kier alpha value is -1.98. The van der Waals surface area contributed by atoms with Crippen molar-refractivity contribution in [2.45, 2.75) is 32.4 Å². The van der Waals surface area contributed by atoms with Crippen molar-refractivity contribution in [2.75, 3.05) is 6.61 Å². The lowest BCUT2D eigenvalue weighted by molar-refractivity contribution is -0.0360. The van der Waals surface area contributed by atoms with E-state index in [1.807, 2.05) is 0 Å². The predicted molar refractivity (Wildman–Crippen MR) is 63.1 cm³/mol. The lowest BCUT2D eigenvalue weighted by Gasteiger charge is -2.16. The highest BCUT2D eigenvalue weighted by Crippen LogP contribution is 2.06. The number of aliphatic hydroxyl groups excluding tert-OH is 1. The summed E-state index contributed by atoms with van der Waals surface area (Å²) in [6, 6.07) is 1.38. The van der Waals surface area contributed by atoms with Crippen molar-refractivity contribution >= 4 is 0 Å². The lowest BCUT2D eigenvalue weighted by Crippen LogP contribution is -2.33. The molecule has 104 valence electrons. The Labute approximate surface area is 107 Å². The van der Waals surface area contributed by atoms with Gasteiger partial charge in [-0.25, -0.2) is 9.18 Å². The Morgan fingerprint density at radius 1 is 1.63 bits per heavy atom. The van der Waals surface area contributed by atoms with E-state index in [4.69, 9.17) is 15.1 Å². The summed E-state index contributed by atoms with van der Waals surface area (Å²) in [7, 11) is 0. The maximum Gasteiger partial charge on any atom is 0.330 e. The fourth-order valence-corrected chi connectivity index (χ4v) is 1.38. The molecule has 1 aromatic heterocycles. The van der Waals surface area contributed by atoms with Crippen molar-refractivity contribution in [3.8, 4) is 6.07 Å². The maximum absolute atomic E-state index is 12.8. The van der Waals surface area contributed by atoms with Crippen LogP contribution in [-0.4, -0.2) is 33.5 Å². The number of hydrogen-bond donors (Lipinski definition) is 2. The van der Waals surface area contributed by atoms with Crippen LogP contribution in [0.3, 0.4) is 0 Å². The summed E-state index contributed by atoms with van der Waals surface area (Å²) in [4.78, 5) is 24.6. The fourth-order valence-electron chi connectivity index (χ4n) is 1.38. The van der Waals surface area contributed by atoms with Gasteiger partial charge in [0.05, 0.1) is 18.8 Å². The molecule has 2 atom stereocenters. The topological polar surface area (TPSA) is 108 Å². The van der Waals surface area contributed by atoms with Crippen LogP contribution in [0.1, 0.15) is 12.0 Å². The van der Waals surface area contributed by atoms with Gasteiger partial charge >= 0.3 is 5.69 Å². The van der Waals surface area contributed by atoms with E-state index in [2.05, 4.69) is 4.98 Å². The highest BCUT2D eigenvalue weighted by atomic mass is 19.1. The molecular formula is C11H14FN3O4. The second-order valence-electron chi connectivity index (χ2n) is 3.97. The van der Waals surface area contributed by atoms with E-state index >= 15 is 0 Å². The van der Waals surface area contributed by atoms with Gasteiger partial charge in [-0.05, 0) is 6.92 Å². The third kappa shape index (κ3) is 4.31. The smallest absolute Gasteiger partial charge is 0.330 e. The normalized spacial score (nSPS) is 13.8. The third-order valence-electron chi connectivity index (χ3n) is 2.45. The van der Waals surface area contributed by atoms with Gasteiger partial charge in [-0.2, -0.15) is 5.26 Å². The van der Waals surface area contributed by atoms with Crippen molar-refractivity contribution in [1.82, 2.24) is 9.55 Å². The molecular weight excluding hydrogens is 257 g/mol. The molecule has 0 spiro atoms. The van der Waals surface area contributed by atoms with Gasteiger partial charge in [0.2, 0.25) is 0 Å². The fraction of sp³-hybridized carbons (Fsp3) is 0.545. The molecule has 1 rings (SSSR count). The lowest BCUT2D eigenvalue weighted by atomic mass is 10.2. The van der Waals surface area contributed by atoms with E-state index < -0.39 is 30.1 Å². The van der Waals surface area contributed by atoms with Gasteiger partial charge in [-0.15, -0.1) is 0 Å². The summed E-state index contributed by atoms with van der Waals surface area (Å²) >= 11 is 0. The average molecular weight is 271 g/mol. The molecule has 0 saturated carbocycles. The zero-order chi connectivity index (χ0) is 14.4. The van der Waals surface area contributed by atoms with Crippen molar-refractivity contribution < 1.29 is 14.2 Å². The second kappa shape index (κ2) is 6.82. The number of hydrogen-bond acceptors (Lipinski definition) is 5. The molecule has 0 amide bonds. The summed E-state index contributed by atoms with van der Waals surface area (Å²) in [5.41, 5.74) is -0.832. The van der Waals surface area contributed by atoms with Crippen LogP contribution in [0.15, 0.2) is 15.8 Å². The third-order valence-corrected chi connectivity index (χ3v) is 2.45. The zero-order valence-electron chi connectivity index (χ0n) is 10.3. The van der Waals surface area contributed by atoms with Gasteiger partial charge in [-0.3, -0.25) is 14.3 Å². The molecule has 0 aliphatic carbocycles. The standard InChI is InChI=1S/C11H14FN3O4/c1-7-4-15(11(18)14-10(7)17)6-19-9(5-16)2-8(12)3-13/h4,8-9,16H,2,5-6H2,1H3,(H,14,17,18). The first-order chi connectivity index (χ1) is 8.97. The van der Waals surface area contributed by atoms with Crippen molar-refractivity contribution in [3.63, 3.8) is 0 Å². The van der Waals surface area contributed by atoms with Crippen molar-refractivity contribution in [3.05, 3.63) is 32.6 Å². The quantitative estimate of drug-likeness (QED) is 0.720. The van der Waals surface area contributed by atoms with Crippen LogP contribution in [0.25, 0.3) is 0 Å². The molecule has 2 unspecified atom stereocenters. The molecule has 1 aromatic rings. The summed E-state index contributed by atoms with van der Waals surface area (Å²) < 4.78 is 19.0. The Kier molecular flexibility index (Phi) is 5.41. The molecule has 7 nitrogen and oxygen atoms in total. The summed E-state index contributed by atoms with van der Waals surface area (Å²) in [5.74, 6) is 0. The van der Waals surface area contributed by atoms with Gasteiger partial charge < -0.3 is 9.84 Å². The number of nitrogens with zero attached hydrogens (tertiary/aromatic N) is 2. The van der Waals surface area contributed by atoms with Gasteiger partial charge in [0, 0.05) is 18.2 Å². The van der Waals surface area contributed by atoms with Gasteiger partial charge in [0.15, 0.2) is 6.17 Å². The number of aliphatic hydroxyl groups is 1. The number of H-pyrrole nitrogens is 1. The van der Waals surface area contributed by atoms with Crippen molar-refractivity contribution in [2.24, 2.45) is 0 Å². The van der Waals surface area contributed by atoms with Gasteiger partial charge in [0.1, 0.15) is 6.73 Å². The van der Waals surface area contributed by atoms with E-state index in [0.29, 0.717) is 5.56 Å². The van der Waals surface area contributed by atoms with Crippen LogP contribution in [0.2, 0.25) is 0 Å². The predicted octanol–water partition coefficient (Wildman–Crippen LogP) is -0.568. The highest BCUT2D eigenvalue weighted by molar-refractivity contribution is 5.00. The minimum Gasteiger partial charge on any atom is -0.394 e. The molecule has 0 saturated heterocycles. The van der Waals surface area contributed by atoms with Gasteiger partial charge in [-0.1, -0.05) is 0 Å². The largest absolute Gasteiger partial charge is 0.394 e.